The van der Waals surface area contributed by atoms with E-state index in [1.54, 1.807) is 0 Å². The van der Waals surface area contributed by atoms with Crippen LogP contribution in [0.1, 0.15) is 31.5 Å². The average molecular weight is 247 g/mol. The molecular formula is C13H21N5. The Morgan fingerprint density at radius 1 is 1.11 bits per heavy atom. The Labute approximate surface area is 108 Å². The van der Waals surface area contributed by atoms with Gasteiger partial charge in [0.05, 0.1) is 0 Å². The molecule has 1 aromatic rings. The van der Waals surface area contributed by atoms with Crippen molar-refractivity contribution in [3.63, 3.8) is 0 Å². The molecule has 18 heavy (non-hydrogen) atoms. The van der Waals surface area contributed by atoms with E-state index in [4.69, 9.17) is 0 Å². The van der Waals surface area contributed by atoms with Crippen LogP contribution in [0.15, 0.2) is 6.07 Å². The van der Waals surface area contributed by atoms with Crippen LogP contribution in [-0.4, -0.2) is 35.1 Å². The molecule has 2 aliphatic rings. The molecule has 0 radical (unpaired) electrons. The largest absolute Gasteiger partial charge is 0.367 e. The molecule has 1 atom stereocenters. The van der Waals surface area contributed by atoms with Gasteiger partial charge < -0.3 is 16.0 Å². The van der Waals surface area contributed by atoms with Crippen LogP contribution in [0.3, 0.4) is 0 Å². The van der Waals surface area contributed by atoms with Gasteiger partial charge >= 0.3 is 0 Å². The molecule has 5 nitrogen and oxygen atoms in total. The fourth-order valence-electron chi connectivity index (χ4n) is 2.46. The Kier molecular flexibility index (Phi) is 3.32. The van der Waals surface area contributed by atoms with Crippen molar-refractivity contribution in [2.45, 2.75) is 44.7 Å². The van der Waals surface area contributed by atoms with E-state index in [2.05, 4.69) is 25.9 Å². The van der Waals surface area contributed by atoms with Gasteiger partial charge in [-0.25, -0.2) is 9.97 Å². The summed E-state index contributed by atoms with van der Waals surface area (Å²) in [6.45, 7) is 4.06. The lowest BCUT2D eigenvalue weighted by atomic mass is 9.93. The van der Waals surface area contributed by atoms with Gasteiger partial charge in [-0.05, 0) is 39.2 Å². The molecule has 3 N–H and O–H groups in total. The second-order valence-corrected chi connectivity index (χ2v) is 5.29. The molecule has 0 amide bonds. The zero-order chi connectivity index (χ0) is 12.4. The number of hydrogen-bond acceptors (Lipinski definition) is 5. The maximum absolute atomic E-state index is 4.46. The molecule has 1 saturated heterocycles. The van der Waals surface area contributed by atoms with Crippen molar-refractivity contribution >= 4 is 11.6 Å². The first-order valence-corrected chi connectivity index (χ1v) is 6.89. The first kappa shape index (κ1) is 11.7. The second-order valence-electron chi connectivity index (χ2n) is 5.29. The third-order valence-corrected chi connectivity index (χ3v) is 3.71. The van der Waals surface area contributed by atoms with E-state index in [-0.39, 0.29) is 0 Å². The molecule has 1 aliphatic carbocycles. The van der Waals surface area contributed by atoms with Crippen LogP contribution in [0.2, 0.25) is 0 Å². The second kappa shape index (κ2) is 5.10. The molecular weight excluding hydrogens is 226 g/mol. The predicted molar refractivity (Wildman–Crippen MR) is 72.9 cm³/mol. The lowest BCUT2D eigenvalue weighted by molar-refractivity contribution is 0.444. The van der Waals surface area contributed by atoms with Crippen LogP contribution >= 0.6 is 0 Å². The maximum atomic E-state index is 4.46. The Bertz CT molecular complexity index is 410. The lowest BCUT2D eigenvalue weighted by Gasteiger charge is -2.27. The third-order valence-electron chi connectivity index (χ3n) is 3.71. The third kappa shape index (κ3) is 2.72. The van der Waals surface area contributed by atoms with E-state index in [0.29, 0.717) is 12.1 Å². The van der Waals surface area contributed by atoms with Gasteiger partial charge in [0.25, 0.3) is 0 Å². The van der Waals surface area contributed by atoms with Gasteiger partial charge in [0.15, 0.2) is 0 Å². The van der Waals surface area contributed by atoms with Crippen LogP contribution in [0, 0.1) is 6.92 Å². The predicted octanol–water partition coefficient (Wildman–Crippen LogP) is 1.52. The first-order chi connectivity index (χ1) is 8.79. The molecule has 0 aromatic carbocycles. The monoisotopic (exact) mass is 247 g/mol. The van der Waals surface area contributed by atoms with Gasteiger partial charge in [-0.15, -0.1) is 0 Å². The number of rotatable bonds is 4. The Morgan fingerprint density at radius 3 is 2.39 bits per heavy atom. The standard InChI is InChI=1S/C13H21N5/c1-9-15-12(17-10-3-2-4-10)7-13(16-9)18-11-5-6-14-8-11/h7,10-11,14H,2-6,8H2,1H3,(H2,15,16,17,18). The molecule has 1 saturated carbocycles. The Hall–Kier alpha value is -1.36. The maximum Gasteiger partial charge on any atom is 0.132 e. The van der Waals surface area contributed by atoms with E-state index < -0.39 is 0 Å². The van der Waals surface area contributed by atoms with Gasteiger partial charge in [-0.2, -0.15) is 0 Å². The average Bonchev–Trinajstić information content (AvgIpc) is 2.75. The first-order valence-electron chi connectivity index (χ1n) is 6.89. The number of aryl methyl sites for hydroxylation is 1. The van der Waals surface area contributed by atoms with Gasteiger partial charge in [0.2, 0.25) is 0 Å². The molecule has 1 aliphatic heterocycles. The zero-order valence-electron chi connectivity index (χ0n) is 10.9. The lowest BCUT2D eigenvalue weighted by Crippen LogP contribution is -2.28. The summed E-state index contributed by atoms with van der Waals surface area (Å²) in [6, 6.07) is 3.14. The fourth-order valence-corrected chi connectivity index (χ4v) is 2.46. The summed E-state index contributed by atoms with van der Waals surface area (Å²) in [5.41, 5.74) is 0. The van der Waals surface area contributed by atoms with E-state index in [1.807, 2.05) is 13.0 Å². The van der Waals surface area contributed by atoms with Crippen molar-refractivity contribution in [2.75, 3.05) is 23.7 Å². The van der Waals surface area contributed by atoms with Crippen molar-refractivity contribution in [3.8, 4) is 0 Å². The van der Waals surface area contributed by atoms with Gasteiger partial charge in [-0.3, -0.25) is 0 Å². The molecule has 5 heteroatoms. The molecule has 0 spiro atoms. The summed E-state index contributed by atoms with van der Waals surface area (Å²) in [6.07, 6.45) is 5.02. The van der Waals surface area contributed by atoms with Crippen molar-refractivity contribution in [3.05, 3.63) is 11.9 Å². The minimum Gasteiger partial charge on any atom is -0.367 e. The topological polar surface area (TPSA) is 61.9 Å². The number of nitrogens with one attached hydrogen (secondary N) is 3. The smallest absolute Gasteiger partial charge is 0.132 e. The number of aromatic nitrogens is 2. The highest BCUT2D eigenvalue weighted by molar-refractivity contribution is 5.48. The molecule has 2 heterocycles. The van der Waals surface area contributed by atoms with Crippen molar-refractivity contribution in [2.24, 2.45) is 0 Å². The summed E-state index contributed by atoms with van der Waals surface area (Å²) in [5.74, 6) is 2.73. The minimum atomic E-state index is 0.496. The minimum absolute atomic E-state index is 0.496. The number of hydrogen-bond donors (Lipinski definition) is 3. The highest BCUT2D eigenvalue weighted by Gasteiger charge is 2.19. The Balaban J connectivity index is 1.68. The number of anilines is 2. The quantitative estimate of drug-likeness (QED) is 0.753. The van der Waals surface area contributed by atoms with Gasteiger partial charge in [0, 0.05) is 24.7 Å². The van der Waals surface area contributed by atoms with E-state index in [0.717, 1.165) is 37.0 Å². The van der Waals surface area contributed by atoms with E-state index in [1.165, 1.54) is 19.3 Å². The van der Waals surface area contributed by atoms with Crippen molar-refractivity contribution < 1.29 is 0 Å². The van der Waals surface area contributed by atoms with Crippen molar-refractivity contribution in [1.82, 2.24) is 15.3 Å². The molecule has 0 bridgehead atoms. The van der Waals surface area contributed by atoms with Gasteiger partial charge in [-0.1, -0.05) is 0 Å². The van der Waals surface area contributed by atoms with Crippen LogP contribution < -0.4 is 16.0 Å². The van der Waals surface area contributed by atoms with E-state index in [9.17, 15) is 0 Å². The number of nitrogens with zero attached hydrogens (tertiary/aromatic N) is 2. The van der Waals surface area contributed by atoms with Crippen LogP contribution in [0.4, 0.5) is 11.6 Å². The van der Waals surface area contributed by atoms with Crippen LogP contribution in [0.5, 0.6) is 0 Å². The van der Waals surface area contributed by atoms with E-state index >= 15 is 0 Å². The van der Waals surface area contributed by atoms with Crippen LogP contribution in [0.25, 0.3) is 0 Å². The molecule has 1 unspecified atom stereocenters. The molecule has 3 rings (SSSR count). The molecule has 1 aromatic heterocycles. The summed E-state index contributed by atoms with van der Waals surface area (Å²) < 4.78 is 0. The highest BCUT2D eigenvalue weighted by atomic mass is 15.1. The molecule has 2 fully saturated rings. The SMILES string of the molecule is Cc1nc(NC2CCC2)cc(NC2CCNC2)n1. The Morgan fingerprint density at radius 2 is 1.83 bits per heavy atom. The highest BCUT2D eigenvalue weighted by Crippen LogP contribution is 2.23. The van der Waals surface area contributed by atoms with Crippen molar-refractivity contribution in [1.29, 1.82) is 0 Å². The summed E-state index contributed by atoms with van der Waals surface area (Å²) >= 11 is 0. The van der Waals surface area contributed by atoms with Gasteiger partial charge in [0.1, 0.15) is 17.5 Å². The normalized spacial score (nSPS) is 23.7. The molecule has 98 valence electrons. The summed E-state index contributed by atoms with van der Waals surface area (Å²) in [5, 5.41) is 10.3. The zero-order valence-corrected chi connectivity index (χ0v) is 10.9. The summed E-state index contributed by atoms with van der Waals surface area (Å²) in [4.78, 5) is 8.91. The summed E-state index contributed by atoms with van der Waals surface area (Å²) in [7, 11) is 0. The van der Waals surface area contributed by atoms with Crippen LogP contribution in [-0.2, 0) is 0 Å². The fraction of sp³-hybridized carbons (Fsp3) is 0.692.